The molecule has 0 fully saturated rings. The van der Waals surface area contributed by atoms with Crippen molar-refractivity contribution in [1.29, 1.82) is 0 Å². The number of methoxy groups -OCH3 is 1. The highest BCUT2D eigenvalue weighted by Gasteiger charge is 2.30. The number of nitrogens with zero attached hydrogens (tertiary/aromatic N) is 2. The van der Waals surface area contributed by atoms with Gasteiger partial charge in [0.15, 0.2) is 5.69 Å². The van der Waals surface area contributed by atoms with Crippen LogP contribution in [0.15, 0.2) is 0 Å². The molecule has 102 valence electrons. The number of ether oxygens (including phenoxy) is 1. The lowest BCUT2D eigenvalue weighted by molar-refractivity contribution is 0.0590. The molecule has 0 spiro atoms. The Morgan fingerprint density at radius 3 is 2.50 bits per heavy atom. The van der Waals surface area contributed by atoms with Crippen LogP contribution in [0, 0.1) is 0 Å². The fourth-order valence-electron chi connectivity index (χ4n) is 1.93. The van der Waals surface area contributed by atoms with E-state index in [1.807, 2.05) is 20.8 Å². The van der Waals surface area contributed by atoms with Crippen LogP contribution >= 0.6 is 0 Å². The third-order valence-corrected chi connectivity index (χ3v) is 2.84. The van der Waals surface area contributed by atoms with E-state index in [0.29, 0.717) is 11.5 Å². The predicted molar refractivity (Wildman–Crippen MR) is 71.6 cm³/mol. The molecular formula is C13H23N3O2. The second-order valence-electron chi connectivity index (χ2n) is 5.43. The number of aromatic nitrogens is 2. The van der Waals surface area contributed by atoms with Crippen molar-refractivity contribution < 1.29 is 9.53 Å². The van der Waals surface area contributed by atoms with Gasteiger partial charge in [0.2, 0.25) is 0 Å². The topological polar surface area (TPSA) is 70.1 Å². The summed E-state index contributed by atoms with van der Waals surface area (Å²) in [6.07, 6.45) is 2.04. The summed E-state index contributed by atoms with van der Waals surface area (Å²) in [7, 11) is 1.36. The summed E-state index contributed by atoms with van der Waals surface area (Å²) in [5.41, 5.74) is 6.98. The number of carbonyl (C=O) groups excluding carboxylic acids is 1. The molecule has 1 rings (SSSR count). The van der Waals surface area contributed by atoms with Crippen LogP contribution in [0.3, 0.4) is 0 Å². The molecule has 5 heteroatoms. The van der Waals surface area contributed by atoms with Crippen LogP contribution in [0.1, 0.15) is 56.6 Å². The average Bonchev–Trinajstić information content (AvgIpc) is 2.62. The third-order valence-electron chi connectivity index (χ3n) is 2.84. The second kappa shape index (κ2) is 5.42. The van der Waals surface area contributed by atoms with Crippen molar-refractivity contribution in [3.05, 3.63) is 11.3 Å². The third kappa shape index (κ3) is 2.83. The number of nitrogens with two attached hydrogens (primary N) is 1. The van der Waals surface area contributed by atoms with E-state index in [1.54, 1.807) is 4.68 Å². The van der Waals surface area contributed by atoms with Crippen LogP contribution in [0.4, 0.5) is 5.82 Å². The van der Waals surface area contributed by atoms with Gasteiger partial charge in [0, 0.05) is 12.1 Å². The number of unbranched alkanes of at least 4 members (excludes halogenated alkanes) is 1. The van der Waals surface area contributed by atoms with Gasteiger partial charge in [-0.05, 0) is 11.8 Å². The summed E-state index contributed by atoms with van der Waals surface area (Å²) in [4.78, 5) is 11.8. The van der Waals surface area contributed by atoms with Crippen LogP contribution in [0.2, 0.25) is 0 Å². The maximum absolute atomic E-state index is 11.8. The summed E-state index contributed by atoms with van der Waals surface area (Å²) in [5.74, 6) is 0.137. The molecule has 0 aliphatic rings. The number of anilines is 1. The Kier molecular flexibility index (Phi) is 4.38. The number of carbonyl (C=O) groups is 1. The quantitative estimate of drug-likeness (QED) is 0.836. The molecule has 0 bridgehead atoms. The maximum Gasteiger partial charge on any atom is 0.358 e. The summed E-state index contributed by atoms with van der Waals surface area (Å²) < 4.78 is 6.48. The Bertz CT molecular complexity index is 430. The lowest BCUT2D eigenvalue weighted by Crippen LogP contribution is -2.18. The minimum atomic E-state index is -0.429. The SMILES string of the molecule is CCCCn1nc(C(=O)OC)c(C(C)(C)C)c1N. The zero-order valence-electron chi connectivity index (χ0n) is 11.9. The summed E-state index contributed by atoms with van der Waals surface area (Å²) in [6.45, 7) is 8.86. The van der Waals surface area contributed by atoms with Gasteiger partial charge in [-0.25, -0.2) is 9.48 Å². The van der Waals surface area contributed by atoms with Crippen LogP contribution in [0.25, 0.3) is 0 Å². The largest absolute Gasteiger partial charge is 0.464 e. The van der Waals surface area contributed by atoms with Gasteiger partial charge >= 0.3 is 5.97 Å². The number of aryl methyl sites for hydroxylation is 1. The van der Waals surface area contributed by atoms with E-state index in [-0.39, 0.29) is 5.41 Å². The molecule has 0 amide bonds. The molecule has 0 aromatic carbocycles. The summed E-state index contributed by atoms with van der Waals surface area (Å²) >= 11 is 0. The predicted octanol–water partition coefficient (Wildman–Crippen LogP) is 2.35. The van der Waals surface area contributed by atoms with Crippen molar-refractivity contribution in [3.8, 4) is 0 Å². The highest BCUT2D eigenvalue weighted by molar-refractivity contribution is 5.90. The zero-order chi connectivity index (χ0) is 13.9. The molecule has 1 aromatic heterocycles. The first-order valence-electron chi connectivity index (χ1n) is 6.28. The standard InChI is InChI=1S/C13H23N3O2/c1-6-7-8-16-11(14)9(13(2,3)4)10(15-16)12(17)18-5/h6-8,14H2,1-5H3. The summed E-state index contributed by atoms with van der Waals surface area (Å²) in [5, 5.41) is 4.30. The monoisotopic (exact) mass is 253 g/mol. The van der Waals surface area contributed by atoms with E-state index in [9.17, 15) is 4.79 Å². The number of esters is 1. The van der Waals surface area contributed by atoms with Gasteiger partial charge in [-0.15, -0.1) is 0 Å². The Labute approximate surface area is 108 Å². The van der Waals surface area contributed by atoms with Gasteiger partial charge in [-0.1, -0.05) is 34.1 Å². The molecule has 2 N–H and O–H groups in total. The highest BCUT2D eigenvalue weighted by atomic mass is 16.5. The fourth-order valence-corrected chi connectivity index (χ4v) is 1.93. The van der Waals surface area contributed by atoms with E-state index in [0.717, 1.165) is 24.9 Å². The van der Waals surface area contributed by atoms with Crippen LogP contribution in [-0.2, 0) is 16.7 Å². The van der Waals surface area contributed by atoms with Gasteiger partial charge in [-0.2, -0.15) is 5.10 Å². The van der Waals surface area contributed by atoms with E-state index in [4.69, 9.17) is 10.5 Å². The van der Waals surface area contributed by atoms with Crippen molar-refractivity contribution in [2.24, 2.45) is 0 Å². The van der Waals surface area contributed by atoms with Gasteiger partial charge in [0.25, 0.3) is 0 Å². The normalized spacial score (nSPS) is 11.6. The van der Waals surface area contributed by atoms with Crippen LogP contribution in [-0.4, -0.2) is 22.9 Å². The van der Waals surface area contributed by atoms with E-state index >= 15 is 0 Å². The fraction of sp³-hybridized carbons (Fsp3) is 0.692. The summed E-state index contributed by atoms with van der Waals surface area (Å²) in [6, 6.07) is 0. The molecule has 0 saturated carbocycles. The molecule has 5 nitrogen and oxygen atoms in total. The highest BCUT2D eigenvalue weighted by Crippen LogP contribution is 2.31. The van der Waals surface area contributed by atoms with Gasteiger partial charge in [0.1, 0.15) is 5.82 Å². The number of hydrogen-bond acceptors (Lipinski definition) is 4. The molecular weight excluding hydrogens is 230 g/mol. The molecule has 0 aliphatic carbocycles. The van der Waals surface area contributed by atoms with Crippen molar-refractivity contribution in [2.75, 3.05) is 12.8 Å². The lowest BCUT2D eigenvalue weighted by atomic mass is 9.86. The van der Waals surface area contributed by atoms with Crippen molar-refractivity contribution >= 4 is 11.8 Å². The molecule has 0 unspecified atom stereocenters. The maximum atomic E-state index is 11.8. The van der Waals surface area contributed by atoms with E-state index in [2.05, 4.69) is 12.0 Å². The molecule has 1 aromatic rings. The Hall–Kier alpha value is -1.52. The Balaban J connectivity index is 3.27. The first-order valence-corrected chi connectivity index (χ1v) is 6.28. The van der Waals surface area contributed by atoms with Gasteiger partial charge in [0.05, 0.1) is 7.11 Å². The number of hydrogen-bond donors (Lipinski definition) is 1. The van der Waals surface area contributed by atoms with Gasteiger partial charge in [-0.3, -0.25) is 0 Å². The second-order valence-corrected chi connectivity index (χ2v) is 5.43. The first-order chi connectivity index (χ1) is 8.32. The van der Waals surface area contributed by atoms with Crippen molar-refractivity contribution in [1.82, 2.24) is 9.78 Å². The molecule has 0 atom stereocenters. The number of rotatable bonds is 4. The van der Waals surface area contributed by atoms with Crippen molar-refractivity contribution in [3.63, 3.8) is 0 Å². The molecule has 0 aliphatic heterocycles. The molecule has 0 radical (unpaired) electrons. The lowest BCUT2D eigenvalue weighted by Gasteiger charge is -2.19. The van der Waals surface area contributed by atoms with E-state index in [1.165, 1.54) is 7.11 Å². The minimum Gasteiger partial charge on any atom is -0.464 e. The molecule has 1 heterocycles. The number of nitrogen functional groups attached to an aromatic ring is 1. The Morgan fingerprint density at radius 1 is 1.44 bits per heavy atom. The molecule has 0 saturated heterocycles. The van der Waals surface area contributed by atoms with Crippen LogP contribution in [0.5, 0.6) is 0 Å². The Morgan fingerprint density at radius 2 is 2.06 bits per heavy atom. The smallest absolute Gasteiger partial charge is 0.358 e. The van der Waals surface area contributed by atoms with Crippen LogP contribution < -0.4 is 5.73 Å². The zero-order valence-corrected chi connectivity index (χ0v) is 11.9. The van der Waals surface area contributed by atoms with Crippen molar-refractivity contribution in [2.45, 2.75) is 52.5 Å². The first kappa shape index (κ1) is 14.5. The average molecular weight is 253 g/mol. The minimum absolute atomic E-state index is 0.238. The van der Waals surface area contributed by atoms with E-state index < -0.39 is 5.97 Å². The van der Waals surface area contributed by atoms with Gasteiger partial charge < -0.3 is 10.5 Å². The molecule has 18 heavy (non-hydrogen) atoms.